The number of carbonyl (C=O) groups excluding carboxylic acids is 2. The minimum Gasteiger partial charge on any atom is -0.481 e. The van der Waals surface area contributed by atoms with Gasteiger partial charge in [-0.05, 0) is 39.0 Å². The van der Waals surface area contributed by atoms with E-state index in [-0.39, 0.29) is 18.2 Å². The van der Waals surface area contributed by atoms with Crippen LogP contribution in [0.4, 0.5) is 0 Å². The Labute approximate surface area is 144 Å². The zero-order valence-electron chi connectivity index (χ0n) is 14.8. The monoisotopic (exact) mass is 338 g/mol. The van der Waals surface area contributed by atoms with Crippen LogP contribution in [-0.2, 0) is 14.4 Å². The summed E-state index contributed by atoms with van der Waals surface area (Å²) in [7, 11) is 1.69. The first-order valence-electron chi connectivity index (χ1n) is 8.32. The number of nitrogens with zero attached hydrogens (tertiary/aromatic N) is 1. The van der Waals surface area contributed by atoms with E-state index in [0.29, 0.717) is 19.4 Å². The molecule has 0 aromatic rings. The first-order chi connectivity index (χ1) is 11.3. The number of aliphatic carboxylic acids is 1. The average Bonchev–Trinajstić information content (AvgIpc) is 2.52. The molecule has 24 heavy (non-hydrogen) atoms. The Hall–Kier alpha value is -2.11. The third-order valence-corrected chi connectivity index (χ3v) is 3.76. The van der Waals surface area contributed by atoms with Crippen molar-refractivity contribution in [2.24, 2.45) is 5.92 Å². The van der Waals surface area contributed by atoms with Crippen LogP contribution in [0.1, 0.15) is 45.4 Å². The Morgan fingerprint density at radius 2 is 1.75 bits per heavy atom. The molecule has 6 nitrogen and oxygen atoms in total. The van der Waals surface area contributed by atoms with Gasteiger partial charge in [-0.25, -0.2) is 0 Å². The molecule has 2 atom stereocenters. The molecule has 0 aliphatic rings. The third kappa shape index (κ3) is 9.12. The minimum atomic E-state index is -1.02. The van der Waals surface area contributed by atoms with Gasteiger partial charge in [0.2, 0.25) is 11.8 Å². The molecule has 0 radical (unpaired) electrons. The van der Waals surface area contributed by atoms with E-state index < -0.39 is 17.9 Å². The molecule has 0 aliphatic carbocycles. The van der Waals surface area contributed by atoms with Crippen molar-refractivity contribution in [2.75, 3.05) is 13.6 Å². The van der Waals surface area contributed by atoms with E-state index in [4.69, 9.17) is 5.11 Å². The molecule has 2 N–H and O–H groups in total. The summed E-state index contributed by atoms with van der Waals surface area (Å²) in [6.07, 6.45) is 6.81. The second kappa shape index (κ2) is 12.3. The molecular formula is C18H30N2O4. The predicted molar refractivity (Wildman–Crippen MR) is 94.5 cm³/mol. The molecule has 0 heterocycles. The summed E-state index contributed by atoms with van der Waals surface area (Å²) in [6.45, 7) is 9.45. The van der Waals surface area contributed by atoms with E-state index in [2.05, 4.69) is 18.5 Å². The Morgan fingerprint density at radius 3 is 2.29 bits per heavy atom. The quantitative estimate of drug-likeness (QED) is 0.399. The Morgan fingerprint density at radius 1 is 1.17 bits per heavy atom. The molecular weight excluding hydrogens is 308 g/mol. The fourth-order valence-corrected chi connectivity index (χ4v) is 2.35. The number of carboxylic acid groups (broad SMARTS) is 1. The number of hydrogen-bond acceptors (Lipinski definition) is 3. The molecule has 0 saturated carbocycles. The van der Waals surface area contributed by atoms with Crippen molar-refractivity contribution in [1.82, 2.24) is 10.2 Å². The van der Waals surface area contributed by atoms with Crippen LogP contribution in [0.2, 0.25) is 0 Å². The minimum absolute atomic E-state index is 0.187. The standard InChI is InChI=1S/C18H30N2O4/c1-5-7-9-11-15(13-16(21)22)17(23)19-14(3)18(24)20(4)12-10-8-6-2/h5-6,14-15H,1-2,7-13H2,3-4H3,(H,19,23)(H,21,22)/t14-,15+/m0/s1. The van der Waals surface area contributed by atoms with Crippen LogP contribution in [0.25, 0.3) is 0 Å². The maximum Gasteiger partial charge on any atom is 0.304 e. The molecule has 0 rings (SSSR count). The number of nitrogens with one attached hydrogen (secondary N) is 1. The summed E-state index contributed by atoms with van der Waals surface area (Å²) >= 11 is 0. The number of rotatable bonds is 13. The van der Waals surface area contributed by atoms with Crippen molar-refractivity contribution in [3.63, 3.8) is 0 Å². The summed E-state index contributed by atoms with van der Waals surface area (Å²) in [5.41, 5.74) is 0. The van der Waals surface area contributed by atoms with Gasteiger partial charge in [0.25, 0.3) is 0 Å². The van der Waals surface area contributed by atoms with Gasteiger partial charge >= 0.3 is 5.97 Å². The molecule has 0 aromatic heterocycles. The zero-order chi connectivity index (χ0) is 18.5. The highest BCUT2D eigenvalue weighted by Gasteiger charge is 2.25. The summed E-state index contributed by atoms with van der Waals surface area (Å²) in [6, 6.07) is -0.679. The summed E-state index contributed by atoms with van der Waals surface area (Å²) in [4.78, 5) is 37.0. The number of allylic oxidation sites excluding steroid dienone is 2. The van der Waals surface area contributed by atoms with Crippen molar-refractivity contribution in [1.29, 1.82) is 0 Å². The number of amides is 2. The van der Waals surface area contributed by atoms with Crippen LogP contribution < -0.4 is 5.32 Å². The normalized spacial score (nSPS) is 12.8. The topological polar surface area (TPSA) is 86.7 Å². The van der Waals surface area contributed by atoms with Crippen molar-refractivity contribution < 1.29 is 19.5 Å². The SMILES string of the molecule is C=CCCC[C@H](CC(=O)O)C(=O)N[C@@H](C)C(=O)N(C)CCCC=C. The lowest BCUT2D eigenvalue weighted by Crippen LogP contribution is -2.47. The van der Waals surface area contributed by atoms with Crippen LogP contribution >= 0.6 is 0 Å². The third-order valence-electron chi connectivity index (χ3n) is 3.76. The van der Waals surface area contributed by atoms with Crippen molar-refractivity contribution in [3.05, 3.63) is 25.3 Å². The maximum absolute atomic E-state index is 12.3. The second-order valence-corrected chi connectivity index (χ2v) is 5.94. The molecule has 0 spiro atoms. The highest BCUT2D eigenvalue weighted by Crippen LogP contribution is 2.14. The van der Waals surface area contributed by atoms with Crippen LogP contribution in [0.5, 0.6) is 0 Å². The summed E-state index contributed by atoms with van der Waals surface area (Å²) in [5, 5.41) is 11.6. The first-order valence-corrected chi connectivity index (χ1v) is 8.32. The van der Waals surface area contributed by atoms with Gasteiger partial charge in [-0.1, -0.05) is 12.2 Å². The highest BCUT2D eigenvalue weighted by atomic mass is 16.4. The number of likely N-dealkylation sites (N-methyl/N-ethyl adjacent to an activating group) is 1. The number of unbranched alkanes of at least 4 members (excludes halogenated alkanes) is 2. The van der Waals surface area contributed by atoms with Gasteiger partial charge in [0.1, 0.15) is 6.04 Å². The van der Waals surface area contributed by atoms with Gasteiger partial charge < -0.3 is 15.3 Å². The maximum atomic E-state index is 12.3. The smallest absolute Gasteiger partial charge is 0.304 e. The van der Waals surface area contributed by atoms with Crippen molar-refractivity contribution >= 4 is 17.8 Å². The fraction of sp³-hybridized carbons (Fsp3) is 0.611. The zero-order valence-corrected chi connectivity index (χ0v) is 14.8. The molecule has 136 valence electrons. The number of carboxylic acids is 1. The van der Waals surface area contributed by atoms with Crippen LogP contribution in [0.3, 0.4) is 0 Å². The first kappa shape index (κ1) is 21.9. The Kier molecular flexibility index (Phi) is 11.2. The van der Waals surface area contributed by atoms with Gasteiger partial charge in [-0.15, -0.1) is 13.2 Å². The van der Waals surface area contributed by atoms with E-state index in [0.717, 1.165) is 19.3 Å². The fourth-order valence-electron chi connectivity index (χ4n) is 2.35. The lowest BCUT2D eigenvalue weighted by atomic mass is 9.97. The Bertz CT molecular complexity index is 448. The molecule has 0 aliphatic heterocycles. The summed E-state index contributed by atoms with van der Waals surface area (Å²) in [5.74, 6) is -2.23. The van der Waals surface area contributed by atoms with E-state index in [1.54, 1.807) is 31.0 Å². The van der Waals surface area contributed by atoms with Crippen LogP contribution in [0.15, 0.2) is 25.3 Å². The summed E-state index contributed by atoms with van der Waals surface area (Å²) < 4.78 is 0. The Balaban J connectivity index is 4.57. The van der Waals surface area contributed by atoms with Crippen LogP contribution in [-0.4, -0.2) is 47.4 Å². The van der Waals surface area contributed by atoms with E-state index in [1.165, 1.54) is 0 Å². The van der Waals surface area contributed by atoms with Gasteiger partial charge in [-0.2, -0.15) is 0 Å². The molecule has 0 saturated heterocycles. The van der Waals surface area contributed by atoms with Gasteiger partial charge in [0.15, 0.2) is 0 Å². The molecule has 0 unspecified atom stereocenters. The van der Waals surface area contributed by atoms with Crippen molar-refractivity contribution in [3.8, 4) is 0 Å². The predicted octanol–water partition coefficient (Wildman–Crippen LogP) is 2.36. The average molecular weight is 338 g/mol. The lowest BCUT2D eigenvalue weighted by Gasteiger charge is -2.23. The molecule has 6 heteroatoms. The molecule has 0 fully saturated rings. The van der Waals surface area contributed by atoms with Crippen molar-refractivity contribution in [2.45, 2.75) is 51.5 Å². The van der Waals surface area contributed by atoms with E-state index in [1.807, 2.05) is 0 Å². The largest absolute Gasteiger partial charge is 0.481 e. The van der Waals surface area contributed by atoms with E-state index >= 15 is 0 Å². The van der Waals surface area contributed by atoms with Crippen LogP contribution in [0, 0.1) is 5.92 Å². The lowest BCUT2D eigenvalue weighted by molar-refractivity contribution is -0.142. The number of hydrogen-bond donors (Lipinski definition) is 2. The molecule has 0 bridgehead atoms. The highest BCUT2D eigenvalue weighted by molar-refractivity contribution is 5.89. The number of carbonyl (C=O) groups is 3. The van der Waals surface area contributed by atoms with E-state index in [9.17, 15) is 14.4 Å². The van der Waals surface area contributed by atoms with Gasteiger partial charge in [0.05, 0.1) is 6.42 Å². The molecule has 2 amide bonds. The molecule has 0 aromatic carbocycles. The van der Waals surface area contributed by atoms with Gasteiger partial charge in [-0.3, -0.25) is 14.4 Å². The van der Waals surface area contributed by atoms with Gasteiger partial charge in [0, 0.05) is 19.5 Å². The second-order valence-electron chi connectivity index (χ2n) is 5.94.